The van der Waals surface area contributed by atoms with Gasteiger partial charge in [-0.3, -0.25) is 4.79 Å². The second-order valence-electron chi connectivity index (χ2n) is 5.22. The highest BCUT2D eigenvalue weighted by molar-refractivity contribution is 5.94. The van der Waals surface area contributed by atoms with E-state index in [-0.39, 0.29) is 11.9 Å². The van der Waals surface area contributed by atoms with E-state index in [0.717, 1.165) is 24.2 Å². The summed E-state index contributed by atoms with van der Waals surface area (Å²) in [5, 5.41) is 3.08. The fourth-order valence-corrected chi connectivity index (χ4v) is 2.27. The largest absolute Gasteiger partial charge is 0.494 e. The number of ether oxygens (including phenoxy) is 1. The number of carbonyl (C=O) groups excluding carboxylic acids is 1. The molecule has 0 saturated carbocycles. The van der Waals surface area contributed by atoms with Crippen molar-refractivity contribution in [3.05, 3.63) is 65.7 Å². The Kier molecular flexibility index (Phi) is 6.01. The molecule has 0 aliphatic rings. The van der Waals surface area contributed by atoms with Crippen molar-refractivity contribution >= 4 is 5.91 Å². The lowest BCUT2D eigenvalue weighted by atomic mass is 10.0. The van der Waals surface area contributed by atoms with Crippen molar-refractivity contribution in [3.63, 3.8) is 0 Å². The zero-order valence-corrected chi connectivity index (χ0v) is 13.2. The van der Waals surface area contributed by atoms with E-state index in [0.29, 0.717) is 12.2 Å². The van der Waals surface area contributed by atoms with E-state index in [2.05, 4.69) is 19.2 Å². The molecule has 22 heavy (non-hydrogen) atoms. The summed E-state index contributed by atoms with van der Waals surface area (Å²) >= 11 is 0. The lowest BCUT2D eigenvalue weighted by Gasteiger charge is -2.17. The summed E-state index contributed by atoms with van der Waals surface area (Å²) in [5.41, 5.74) is 1.78. The van der Waals surface area contributed by atoms with Crippen molar-refractivity contribution < 1.29 is 9.53 Å². The van der Waals surface area contributed by atoms with Crippen LogP contribution in [0.1, 0.15) is 48.7 Å². The molecule has 116 valence electrons. The number of hydrogen-bond donors (Lipinski definition) is 1. The molecule has 0 aliphatic carbocycles. The number of amides is 1. The van der Waals surface area contributed by atoms with Crippen molar-refractivity contribution in [2.45, 2.75) is 32.7 Å². The van der Waals surface area contributed by atoms with Crippen molar-refractivity contribution in [2.24, 2.45) is 0 Å². The Labute approximate surface area is 132 Å². The van der Waals surface area contributed by atoms with Gasteiger partial charge in [0, 0.05) is 5.56 Å². The predicted molar refractivity (Wildman–Crippen MR) is 89.2 cm³/mol. The van der Waals surface area contributed by atoms with E-state index < -0.39 is 0 Å². The highest BCUT2D eigenvalue weighted by Gasteiger charge is 2.13. The van der Waals surface area contributed by atoms with Crippen LogP contribution in [0.25, 0.3) is 0 Å². The quantitative estimate of drug-likeness (QED) is 0.824. The fourth-order valence-electron chi connectivity index (χ4n) is 2.27. The Hall–Kier alpha value is -2.29. The van der Waals surface area contributed by atoms with Gasteiger partial charge < -0.3 is 10.1 Å². The molecule has 2 aromatic carbocycles. The van der Waals surface area contributed by atoms with Crippen LogP contribution < -0.4 is 10.1 Å². The van der Waals surface area contributed by atoms with Gasteiger partial charge in [0.05, 0.1) is 12.6 Å². The lowest BCUT2D eigenvalue weighted by molar-refractivity contribution is 0.0935. The molecular formula is C19H23NO2. The number of carbonyl (C=O) groups is 1. The summed E-state index contributed by atoms with van der Waals surface area (Å²) in [5.74, 6) is 0.742. The SMILES string of the molecule is CCCOc1ccc(C(=O)NC(CC)c2ccccc2)cc1. The first-order chi connectivity index (χ1) is 10.7. The van der Waals surface area contributed by atoms with Gasteiger partial charge in [-0.25, -0.2) is 0 Å². The molecule has 1 N–H and O–H groups in total. The van der Waals surface area contributed by atoms with Crippen LogP contribution in [0, 0.1) is 0 Å². The third kappa shape index (κ3) is 4.35. The minimum absolute atomic E-state index is 0.0321. The maximum Gasteiger partial charge on any atom is 0.251 e. The average molecular weight is 297 g/mol. The summed E-state index contributed by atoms with van der Waals surface area (Å²) in [6, 6.07) is 17.4. The van der Waals surface area contributed by atoms with Crippen molar-refractivity contribution in [1.29, 1.82) is 0 Å². The minimum Gasteiger partial charge on any atom is -0.494 e. The smallest absolute Gasteiger partial charge is 0.251 e. The first kappa shape index (κ1) is 16.1. The van der Waals surface area contributed by atoms with E-state index in [4.69, 9.17) is 4.74 Å². The van der Waals surface area contributed by atoms with Gasteiger partial charge in [0.1, 0.15) is 5.75 Å². The van der Waals surface area contributed by atoms with Gasteiger partial charge >= 0.3 is 0 Å². The van der Waals surface area contributed by atoms with Crippen LogP contribution in [0.2, 0.25) is 0 Å². The van der Waals surface area contributed by atoms with Crippen molar-refractivity contribution in [3.8, 4) is 5.75 Å². The molecular weight excluding hydrogens is 274 g/mol. The van der Waals surface area contributed by atoms with Crippen LogP contribution in [0.4, 0.5) is 0 Å². The first-order valence-corrected chi connectivity index (χ1v) is 7.83. The normalized spacial score (nSPS) is 11.7. The van der Waals surface area contributed by atoms with Crippen LogP contribution in [-0.4, -0.2) is 12.5 Å². The van der Waals surface area contributed by atoms with E-state index in [9.17, 15) is 4.79 Å². The van der Waals surface area contributed by atoms with Crippen LogP contribution in [0.5, 0.6) is 5.75 Å². The molecule has 0 radical (unpaired) electrons. The molecule has 0 bridgehead atoms. The number of nitrogens with one attached hydrogen (secondary N) is 1. The van der Waals surface area contributed by atoms with Gasteiger partial charge in [0.25, 0.3) is 5.91 Å². The average Bonchev–Trinajstić information content (AvgIpc) is 2.58. The summed E-state index contributed by atoms with van der Waals surface area (Å²) < 4.78 is 5.53. The van der Waals surface area contributed by atoms with Crippen LogP contribution in [-0.2, 0) is 0 Å². The summed E-state index contributed by atoms with van der Waals surface area (Å²) in [7, 11) is 0. The predicted octanol–water partition coefficient (Wildman–Crippen LogP) is 4.36. The standard InChI is InChI=1S/C19H23NO2/c1-3-14-22-17-12-10-16(11-13-17)19(21)20-18(4-2)15-8-6-5-7-9-15/h5-13,18H,3-4,14H2,1-2H3,(H,20,21). The molecule has 2 aromatic rings. The number of hydrogen-bond acceptors (Lipinski definition) is 2. The zero-order chi connectivity index (χ0) is 15.8. The Morgan fingerprint density at radius 2 is 1.73 bits per heavy atom. The summed E-state index contributed by atoms with van der Waals surface area (Å²) in [6.45, 7) is 4.83. The molecule has 1 unspecified atom stereocenters. The molecule has 0 heterocycles. The molecule has 1 atom stereocenters. The maximum absolute atomic E-state index is 12.4. The topological polar surface area (TPSA) is 38.3 Å². The Morgan fingerprint density at radius 3 is 2.32 bits per heavy atom. The monoisotopic (exact) mass is 297 g/mol. The van der Waals surface area contributed by atoms with Crippen LogP contribution in [0.15, 0.2) is 54.6 Å². The molecule has 0 spiro atoms. The second-order valence-corrected chi connectivity index (χ2v) is 5.22. The molecule has 0 aliphatic heterocycles. The molecule has 0 fully saturated rings. The molecule has 3 heteroatoms. The van der Waals surface area contributed by atoms with Crippen molar-refractivity contribution in [1.82, 2.24) is 5.32 Å². The van der Waals surface area contributed by atoms with Gasteiger partial charge in [0.2, 0.25) is 0 Å². The van der Waals surface area contributed by atoms with E-state index >= 15 is 0 Å². The van der Waals surface area contributed by atoms with Gasteiger partial charge in [-0.1, -0.05) is 44.2 Å². The summed E-state index contributed by atoms with van der Waals surface area (Å²) in [4.78, 5) is 12.4. The van der Waals surface area contributed by atoms with E-state index in [1.54, 1.807) is 12.1 Å². The highest BCUT2D eigenvalue weighted by Crippen LogP contribution is 2.18. The van der Waals surface area contributed by atoms with Crippen LogP contribution >= 0.6 is 0 Å². The lowest BCUT2D eigenvalue weighted by Crippen LogP contribution is -2.28. The summed E-state index contributed by atoms with van der Waals surface area (Å²) in [6.07, 6.45) is 1.82. The molecule has 2 rings (SSSR count). The molecule has 1 amide bonds. The third-order valence-corrected chi connectivity index (χ3v) is 3.50. The minimum atomic E-state index is -0.0576. The molecule has 0 saturated heterocycles. The van der Waals surface area contributed by atoms with Crippen molar-refractivity contribution in [2.75, 3.05) is 6.61 Å². The van der Waals surface area contributed by atoms with Gasteiger partial charge in [-0.2, -0.15) is 0 Å². The Morgan fingerprint density at radius 1 is 1.05 bits per heavy atom. The second kappa shape index (κ2) is 8.23. The van der Waals surface area contributed by atoms with E-state index in [1.807, 2.05) is 42.5 Å². The third-order valence-electron chi connectivity index (χ3n) is 3.50. The number of benzene rings is 2. The maximum atomic E-state index is 12.4. The first-order valence-electron chi connectivity index (χ1n) is 7.83. The Bertz CT molecular complexity index is 578. The Balaban J connectivity index is 2.01. The fraction of sp³-hybridized carbons (Fsp3) is 0.316. The van der Waals surface area contributed by atoms with Gasteiger partial charge in [-0.05, 0) is 42.7 Å². The molecule has 0 aromatic heterocycles. The van der Waals surface area contributed by atoms with Gasteiger partial charge in [0.15, 0.2) is 0 Å². The number of rotatable bonds is 7. The van der Waals surface area contributed by atoms with Gasteiger partial charge in [-0.15, -0.1) is 0 Å². The zero-order valence-electron chi connectivity index (χ0n) is 13.2. The van der Waals surface area contributed by atoms with Crippen LogP contribution in [0.3, 0.4) is 0 Å². The molecule has 3 nitrogen and oxygen atoms in total. The highest BCUT2D eigenvalue weighted by atomic mass is 16.5. The van der Waals surface area contributed by atoms with E-state index in [1.165, 1.54) is 0 Å².